The summed E-state index contributed by atoms with van der Waals surface area (Å²) in [6.45, 7) is 9.19. The number of ether oxygens (including phenoxy) is 2. The van der Waals surface area contributed by atoms with Gasteiger partial charge in [-0.15, -0.1) is 0 Å². The van der Waals surface area contributed by atoms with Crippen molar-refractivity contribution < 1.29 is 9.47 Å². The summed E-state index contributed by atoms with van der Waals surface area (Å²) in [6, 6.07) is 0.476. The predicted molar refractivity (Wildman–Crippen MR) is 74.4 cm³/mol. The normalized spacial score (nSPS) is 11.1. The van der Waals surface area contributed by atoms with Gasteiger partial charge in [-0.1, -0.05) is 0 Å². The zero-order chi connectivity index (χ0) is 14.4. The summed E-state index contributed by atoms with van der Waals surface area (Å²) in [4.78, 5) is 14.4. The van der Waals surface area contributed by atoms with Gasteiger partial charge < -0.3 is 20.1 Å². The molecule has 7 heteroatoms. The van der Waals surface area contributed by atoms with Crippen LogP contribution in [0.2, 0.25) is 0 Å². The second kappa shape index (κ2) is 7.08. The van der Waals surface area contributed by atoms with E-state index in [0.717, 1.165) is 0 Å². The quantitative estimate of drug-likeness (QED) is 0.793. The van der Waals surface area contributed by atoms with Gasteiger partial charge >= 0.3 is 6.01 Å². The van der Waals surface area contributed by atoms with Crippen molar-refractivity contribution in [1.29, 1.82) is 0 Å². The van der Waals surface area contributed by atoms with E-state index in [4.69, 9.17) is 15.2 Å². The highest BCUT2D eigenvalue weighted by Crippen LogP contribution is 2.16. The summed E-state index contributed by atoms with van der Waals surface area (Å²) in [5.41, 5.74) is 5.70. The Labute approximate surface area is 114 Å². The lowest BCUT2D eigenvalue weighted by Gasteiger charge is -2.26. The third kappa shape index (κ3) is 4.86. The van der Waals surface area contributed by atoms with Gasteiger partial charge in [0.2, 0.25) is 11.9 Å². The van der Waals surface area contributed by atoms with E-state index in [1.165, 1.54) is 0 Å². The topological polar surface area (TPSA) is 86.4 Å². The van der Waals surface area contributed by atoms with Crippen LogP contribution in [0.1, 0.15) is 27.7 Å². The van der Waals surface area contributed by atoms with E-state index in [1.54, 1.807) is 7.11 Å². The van der Waals surface area contributed by atoms with Gasteiger partial charge in [0, 0.05) is 19.7 Å². The number of nitrogen functional groups attached to an aromatic ring is 1. The molecular weight excluding hydrogens is 246 g/mol. The molecule has 0 amide bonds. The number of anilines is 2. The summed E-state index contributed by atoms with van der Waals surface area (Å²) in [5, 5.41) is 0. The van der Waals surface area contributed by atoms with E-state index in [1.807, 2.05) is 18.7 Å². The Balaban J connectivity index is 2.98. The van der Waals surface area contributed by atoms with Crippen LogP contribution < -0.4 is 15.4 Å². The molecule has 0 aliphatic carbocycles. The predicted octanol–water partition coefficient (Wildman–Crippen LogP) is 1.10. The van der Waals surface area contributed by atoms with Crippen molar-refractivity contribution in [3.05, 3.63) is 0 Å². The zero-order valence-electron chi connectivity index (χ0n) is 12.3. The average molecular weight is 269 g/mol. The number of rotatable bonds is 7. The van der Waals surface area contributed by atoms with E-state index in [9.17, 15) is 0 Å². The first-order chi connectivity index (χ1) is 8.93. The molecule has 0 bridgehead atoms. The second-order valence-electron chi connectivity index (χ2n) is 4.72. The molecule has 2 N–H and O–H groups in total. The highest BCUT2D eigenvalue weighted by atomic mass is 16.5. The molecule has 1 aromatic rings. The fourth-order valence-corrected chi connectivity index (χ4v) is 1.53. The van der Waals surface area contributed by atoms with Crippen LogP contribution in [-0.2, 0) is 4.74 Å². The molecule has 0 saturated heterocycles. The van der Waals surface area contributed by atoms with Crippen LogP contribution in [0, 0.1) is 0 Å². The lowest BCUT2D eigenvalue weighted by Crippen LogP contribution is -2.35. The molecule has 0 fully saturated rings. The standard InChI is InChI=1S/C12H23N5O2/c1-8(2)17(6-7-18-5)11-14-10(13)15-12(16-11)19-9(3)4/h8-9H,6-7H2,1-5H3,(H2,13,14,15,16). The Kier molecular flexibility index (Phi) is 5.75. The largest absolute Gasteiger partial charge is 0.461 e. The summed E-state index contributed by atoms with van der Waals surface area (Å²) in [6.07, 6.45) is -0.0128. The molecule has 0 aliphatic heterocycles. The maximum Gasteiger partial charge on any atom is 0.323 e. The Hall–Kier alpha value is -1.63. The van der Waals surface area contributed by atoms with Crippen molar-refractivity contribution >= 4 is 11.9 Å². The van der Waals surface area contributed by atoms with E-state index >= 15 is 0 Å². The van der Waals surface area contributed by atoms with E-state index < -0.39 is 0 Å². The SMILES string of the molecule is COCCN(c1nc(N)nc(OC(C)C)n1)C(C)C. The molecule has 1 aromatic heterocycles. The lowest BCUT2D eigenvalue weighted by atomic mass is 10.3. The smallest absolute Gasteiger partial charge is 0.323 e. The maximum atomic E-state index is 5.70. The first kappa shape index (κ1) is 15.4. The first-order valence-corrected chi connectivity index (χ1v) is 6.37. The number of methoxy groups -OCH3 is 1. The highest BCUT2D eigenvalue weighted by Gasteiger charge is 2.16. The molecule has 0 unspecified atom stereocenters. The molecule has 1 rings (SSSR count). The van der Waals surface area contributed by atoms with Gasteiger partial charge in [0.25, 0.3) is 0 Å². The van der Waals surface area contributed by atoms with E-state index in [2.05, 4.69) is 28.8 Å². The monoisotopic (exact) mass is 269 g/mol. The van der Waals surface area contributed by atoms with Crippen LogP contribution in [0.4, 0.5) is 11.9 Å². The minimum absolute atomic E-state index is 0.0128. The summed E-state index contributed by atoms with van der Waals surface area (Å²) >= 11 is 0. The fourth-order valence-electron chi connectivity index (χ4n) is 1.53. The first-order valence-electron chi connectivity index (χ1n) is 6.37. The van der Waals surface area contributed by atoms with Crippen LogP contribution in [0.25, 0.3) is 0 Å². The van der Waals surface area contributed by atoms with Crippen LogP contribution in [0.5, 0.6) is 6.01 Å². The molecule has 0 spiro atoms. The molecule has 0 aliphatic rings. The van der Waals surface area contributed by atoms with Gasteiger partial charge in [-0.3, -0.25) is 0 Å². The van der Waals surface area contributed by atoms with Crippen molar-refractivity contribution in [1.82, 2.24) is 15.0 Å². The van der Waals surface area contributed by atoms with Gasteiger partial charge in [0.15, 0.2) is 0 Å². The molecular formula is C12H23N5O2. The molecule has 0 radical (unpaired) electrons. The third-order valence-electron chi connectivity index (χ3n) is 2.38. The summed E-state index contributed by atoms with van der Waals surface area (Å²) in [7, 11) is 1.66. The Morgan fingerprint density at radius 1 is 1.16 bits per heavy atom. The second-order valence-corrected chi connectivity index (χ2v) is 4.72. The molecule has 19 heavy (non-hydrogen) atoms. The van der Waals surface area contributed by atoms with Crippen LogP contribution in [-0.4, -0.2) is 47.4 Å². The van der Waals surface area contributed by atoms with Crippen molar-refractivity contribution in [2.45, 2.75) is 39.8 Å². The minimum atomic E-state index is -0.0128. The molecule has 0 aromatic carbocycles. The van der Waals surface area contributed by atoms with Crippen LogP contribution in [0.15, 0.2) is 0 Å². The van der Waals surface area contributed by atoms with Gasteiger partial charge in [-0.05, 0) is 27.7 Å². The van der Waals surface area contributed by atoms with E-state index in [0.29, 0.717) is 19.1 Å². The summed E-state index contributed by atoms with van der Waals surface area (Å²) < 4.78 is 10.6. The van der Waals surface area contributed by atoms with Gasteiger partial charge in [-0.25, -0.2) is 0 Å². The van der Waals surface area contributed by atoms with Gasteiger partial charge in [0.05, 0.1) is 12.7 Å². The van der Waals surface area contributed by atoms with Crippen LogP contribution in [0.3, 0.4) is 0 Å². The van der Waals surface area contributed by atoms with Gasteiger partial charge in [-0.2, -0.15) is 15.0 Å². The van der Waals surface area contributed by atoms with Crippen molar-refractivity contribution in [2.75, 3.05) is 30.9 Å². The number of hydrogen-bond donors (Lipinski definition) is 1. The highest BCUT2D eigenvalue weighted by molar-refractivity contribution is 5.36. The van der Waals surface area contributed by atoms with Crippen molar-refractivity contribution in [3.63, 3.8) is 0 Å². The van der Waals surface area contributed by atoms with Crippen LogP contribution >= 0.6 is 0 Å². The number of nitrogens with zero attached hydrogens (tertiary/aromatic N) is 4. The van der Waals surface area contributed by atoms with Crippen molar-refractivity contribution in [3.8, 4) is 6.01 Å². The molecule has 0 saturated carbocycles. The third-order valence-corrected chi connectivity index (χ3v) is 2.38. The maximum absolute atomic E-state index is 5.70. The van der Waals surface area contributed by atoms with Gasteiger partial charge in [0.1, 0.15) is 0 Å². The molecule has 1 heterocycles. The molecule has 108 valence electrons. The average Bonchev–Trinajstić information content (AvgIpc) is 2.27. The fraction of sp³-hybridized carbons (Fsp3) is 0.750. The number of hydrogen-bond acceptors (Lipinski definition) is 7. The van der Waals surface area contributed by atoms with E-state index in [-0.39, 0.29) is 24.1 Å². The summed E-state index contributed by atoms with van der Waals surface area (Å²) in [5.74, 6) is 0.666. The zero-order valence-corrected chi connectivity index (χ0v) is 12.3. The minimum Gasteiger partial charge on any atom is -0.461 e. The number of aromatic nitrogens is 3. The lowest BCUT2D eigenvalue weighted by molar-refractivity contribution is 0.202. The van der Waals surface area contributed by atoms with Crippen molar-refractivity contribution in [2.24, 2.45) is 0 Å². The Morgan fingerprint density at radius 2 is 1.84 bits per heavy atom. The Morgan fingerprint density at radius 3 is 2.37 bits per heavy atom. The Bertz CT molecular complexity index is 398. The molecule has 7 nitrogen and oxygen atoms in total. The molecule has 0 atom stereocenters. The number of nitrogens with two attached hydrogens (primary N) is 1.